The maximum atomic E-state index is 12.5. The second-order valence-electron chi connectivity index (χ2n) is 5.65. The third kappa shape index (κ3) is 6.05. The maximum absolute atomic E-state index is 12.5. The quantitative estimate of drug-likeness (QED) is 0.748. The van der Waals surface area contributed by atoms with Crippen molar-refractivity contribution < 1.29 is 22.7 Å². The molecule has 1 N–H and O–H groups in total. The minimum atomic E-state index is -3.55. The van der Waals surface area contributed by atoms with E-state index in [9.17, 15) is 13.2 Å². The number of fused-ring (bicyclic) bond motifs is 1. The molecule has 0 bridgehead atoms. The van der Waals surface area contributed by atoms with Crippen molar-refractivity contribution in [3.8, 4) is 11.5 Å². The van der Waals surface area contributed by atoms with E-state index >= 15 is 0 Å². The Morgan fingerprint density at radius 1 is 1.24 bits per heavy atom. The number of nitrogens with zero attached hydrogens (tertiary/aromatic N) is 1. The number of sulfone groups is 1. The fraction of sp³-hybridized carbons (Fsp3) is 0.562. The summed E-state index contributed by atoms with van der Waals surface area (Å²) in [6.45, 7) is 2.24. The molecule has 0 saturated carbocycles. The van der Waals surface area contributed by atoms with Gasteiger partial charge in [0.2, 0.25) is 5.91 Å². The number of likely N-dealkylation sites (N-methyl/N-ethyl adjacent to an activating group) is 2. The Kier molecular flexibility index (Phi) is 8.47. The lowest BCUT2D eigenvalue weighted by molar-refractivity contribution is -0.129. The molecule has 9 heteroatoms. The van der Waals surface area contributed by atoms with Crippen molar-refractivity contribution in [3.05, 3.63) is 18.2 Å². The molecule has 1 aromatic rings. The lowest BCUT2D eigenvalue weighted by atomic mass is 10.3. The molecule has 1 heterocycles. The molecule has 7 nitrogen and oxygen atoms in total. The van der Waals surface area contributed by atoms with Crippen LogP contribution in [-0.2, 0) is 14.6 Å². The van der Waals surface area contributed by atoms with Crippen LogP contribution in [0.5, 0.6) is 11.5 Å². The van der Waals surface area contributed by atoms with E-state index in [1.807, 2.05) is 0 Å². The van der Waals surface area contributed by atoms with Crippen LogP contribution in [0.3, 0.4) is 0 Å². The molecule has 0 aromatic heterocycles. The van der Waals surface area contributed by atoms with E-state index in [4.69, 9.17) is 9.47 Å². The third-order valence-electron chi connectivity index (χ3n) is 3.79. The molecular weight excluding hydrogens is 368 g/mol. The average molecular weight is 393 g/mol. The zero-order chi connectivity index (χ0) is 17.6. The first kappa shape index (κ1) is 21.5. The van der Waals surface area contributed by atoms with Crippen LogP contribution in [0.4, 0.5) is 0 Å². The average Bonchev–Trinajstić information content (AvgIpc) is 2.82. The van der Waals surface area contributed by atoms with Crippen molar-refractivity contribution in [2.75, 3.05) is 46.2 Å². The number of carbonyl (C=O) groups excluding carboxylic acids is 1. The van der Waals surface area contributed by atoms with Gasteiger partial charge < -0.3 is 19.7 Å². The van der Waals surface area contributed by atoms with Gasteiger partial charge in [-0.05, 0) is 19.2 Å². The summed E-state index contributed by atoms with van der Waals surface area (Å²) in [6, 6.07) is 4.58. The minimum Gasteiger partial charge on any atom is -0.490 e. The monoisotopic (exact) mass is 392 g/mol. The normalized spacial score (nSPS) is 13.5. The Labute approximate surface area is 155 Å². The lowest BCUT2D eigenvalue weighted by Crippen LogP contribution is -2.33. The molecule has 0 aliphatic carbocycles. The molecule has 25 heavy (non-hydrogen) atoms. The molecule has 1 aromatic carbocycles. The van der Waals surface area contributed by atoms with Crippen LogP contribution in [0.25, 0.3) is 0 Å². The largest absolute Gasteiger partial charge is 0.490 e. The molecule has 142 valence electrons. The van der Waals surface area contributed by atoms with E-state index in [2.05, 4.69) is 5.32 Å². The van der Waals surface area contributed by atoms with Crippen molar-refractivity contribution in [2.24, 2.45) is 0 Å². The highest BCUT2D eigenvalue weighted by atomic mass is 35.5. The van der Waals surface area contributed by atoms with Crippen LogP contribution in [0.1, 0.15) is 12.8 Å². The Hall–Kier alpha value is -1.51. The number of hydrogen-bond acceptors (Lipinski definition) is 6. The van der Waals surface area contributed by atoms with Crippen LogP contribution >= 0.6 is 12.4 Å². The van der Waals surface area contributed by atoms with Crippen molar-refractivity contribution in [2.45, 2.75) is 17.7 Å². The Bertz CT molecular complexity index is 681. The van der Waals surface area contributed by atoms with E-state index in [0.29, 0.717) is 37.8 Å². The second-order valence-corrected chi connectivity index (χ2v) is 7.76. The molecule has 0 radical (unpaired) electrons. The van der Waals surface area contributed by atoms with Gasteiger partial charge in [-0.1, -0.05) is 0 Å². The Morgan fingerprint density at radius 2 is 1.92 bits per heavy atom. The Morgan fingerprint density at radius 3 is 2.60 bits per heavy atom. The Balaban J connectivity index is 0.00000312. The van der Waals surface area contributed by atoms with E-state index in [0.717, 1.165) is 6.42 Å². The van der Waals surface area contributed by atoms with E-state index in [-0.39, 0.29) is 35.4 Å². The summed E-state index contributed by atoms with van der Waals surface area (Å²) >= 11 is 0. The zero-order valence-corrected chi connectivity index (χ0v) is 16.1. The van der Waals surface area contributed by atoms with Crippen LogP contribution in [0, 0.1) is 0 Å². The molecule has 0 spiro atoms. The highest BCUT2D eigenvalue weighted by molar-refractivity contribution is 7.91. The summed E-state index contributed by atoms with van der Waals surface area (Å²) < 4.78 is 35.9. The fourth-order valence-corrected chi connectivity index (χ4v) is 3.51. The molecular formula is C16H25ClN2O5S. The van der Waals surface area contributed by atoms with Gasteiger partial charge in [-0.3, -0.25) is 4.79 Å². The maximum Gasteiger partial charge on any atom is 0.223 e. The molecule has 1 aliphatic rings. The minimum absolute atomic E-state index is 0. The van der Waals surface area contributed by atoms with E-state index in [1.54, 1.807) is 20.2 Å². The summed E-state index contributed by atoms with van der Waals surface area (Å²) in [7, 11) is -0.0884. The van der Waals surface area contributed by atoms with Gasteiger partial charge in [0.1, 0.15) is 0 Å². The summed E-state index contributed by atoms with van der Waals surface area (Å²) in [5, 5.41) is 2.95. The van der Waals surface area contributed by atoms with Gasteiger partial charge >= 0.3 is 0 Å². The number of carbonyl (C=O) groups is 1. The predicted octanol–water partition coefficient (Wildman–Crippen LogP) is 1.11. The van der Waals surface area contributed by atoms with Crippen molar-refractivity contribution in [3.63, 3.8) is 0 Å². The first-order valence-corrected chi connectivity index (χ1v) is 9.60. The number of hydrogen-bond donors (Lipinski definition) is 1. The molecule has 1 aliphatic heterocycles. The summed E-state index contributed by atoms with van der Waals surface area (Å²) in [5.74, 6) is 0.568. The topological polar surface area (TPSA) is 84.9 Å². The van der Waals surface area contributed by atoms with Gasteiger partial charge in [0.25, 0.3) is 0 Å². The molecule has 1 amide bonds. The van der Waals surface area contributed by atoms with Gasteiger partial charge in [0.05, 0.1) is 23.9 Å². The first-order valence-electron chi connectivity index (χ1n) is 7.95. The van der Waals surface area contributed by atoms with Crippen molar-refractivity contribution >= 4 is 28.2 Å². The first-order chi connectivity index (χ1) is 11.4. The summed E-state index contributed by atoms with van der Waals surface area (Å²) in [5.41, 5.74) is 0. The molecule has 0 fully saturated rings. The number of rotatable bonds is 7. The third-order valence-corrected chi connectivity index (χ3v) is 5.50. The van der Waals surface area contributed by atoms with Crippen molar-refractivity contribution in [1.82, 2.24) is 10.2 Å². The zero-order valence-electron chi connectivity index (χ0n) is 14.5. The van der Waals surface area contributed by atoms with Crippen LogP contribution in [0.2, 0.25) is 0 Å². The highest BCUT2D eigenvalue weighted by Gasteiger charge is 2.21. The van der Waals surface area contributed by atoms with Gasteiger partial charge in [-0.2, -0.15) is 0 Å². The second kappa shape index (κ2) is 9.84. The van der Waals surface area contributed by atoms with Gasteiger partial charge in [0, 0.05) is 39.0 Å². The summed E-state index contributed by atoms with van der Waals surface area (Å²) in [6.07, 6.45) is 0.710. The van der Waals surface area contributed by atoms with Gasteiger partial charge in [-0.15, -0.1) is 12.4 Å². The van der Waals surface area contributed by atoms with E-state index in [1.165, 1.54) is 17.0 Å². The van der Waals surface area contributed by atoms with Gasteiger partial charge in [-0.25, -0.2) is 8.42 Å². The molecule has 2 rings (SSSR count). The highest BCUT2D eigenvalue weighted by Crippen LogP contribution is 2.32. The molecule has 0 saturated heterocycles. The van der Waals surface area contributed by atoms with Crippen molar-refractivity contribution in [1.29, 1.82) is 0 Å². The van der Waals surface area contributed by atoms with Crippen LogP contribution < -0.4 is 14.8 Å². The smallest absolute Gasteiger partial charge is 0.223 e. The summed E-state index contributed by atoms with van der Waals surface area (Å²) in [4.78, 5) is 13.7. The molecule has 0 atom stereocenters. The lowest BCUT2D eigenvalue weighted by Gasteiger charge is -2.17. The number of nitrogens with one attached hydrogen (secondary N) is 1. The number of amides is 1. The predicted molar refractivity (Wildman–Crippen MR) is 97.5 cm³/mol. The molecule has 0 unspecified atom stereocenters. The fourth-order valence-electron chi connectivity index (χ4n) is 2.27. The number of halogens is 1. The standard InChI is InChI=1S/C16H24N2O5S.ClH/c1-17-7-8-18(2)16(19)6-11-24(20,21)13-4-5-14-15(12-13)23-10-3-9-22-14;/h4-5,12,17H,3,6-11H2,1-2H3;1H. The van der Waals surface area contributed by atoms with Crippen LogP contribution in [0.15, 0.2) is 23.1 Å². The van der Waals surface area contributed by atoms with Crippen LogP contribution in [-0.4, -0.2) is 65.4 Å². The number of ether oxygens (including phenoxy) is 2. The number of benzene rings is 1. The SMILES string of the molecule is CNCCN(C)C(=O)CCS(=O)(=O)c1ccc2c(c1)OCCCO2.Cl. The van der Waals surface area contributed by atoms with E-state index < -0.39 is 9.84 Å². The van der Waals surface area contributed by atoms with Gasteiger partial charge in [0.15, 0.2) is 21.3 Å².